The summed E-state index contributed by atoms with van der Waals surface area (Å²) in [4.78, 5) is 30.8. The van der Waals surface area contributed by atoms with Crippen molar-refractivity contribution >= 4 is 17.8 Å². The number of hydrogen-bond acceptors (Lipinski definition) is 7. The maximum Gasteiger partial charge on any atom is 0.281 e. The number of aromatic nitrogens is 5. The Bertz CT molecular complexity index is 1060. The largest absolute Gasteiger partial charge is 0.384 e. The van der Waals surface area contributed by atoms with Crippen LogP contribution in [0.5, 0.6) is 0 Å². The second-order valence-corrected chi connectivity index (χ2v) is 7.83. The number of nitrogens with zero attached hydrogens (tertiary/aromatic N) is 6. The highest BCUT2D eigenvalue weighted by Gasteiger charge is 2.39. The number of piperidine rings is 1. The van der Waals surface area contributed by atoms with E-state index >= 15 is 0 Å². The maximum atomic E-state index is 13.1. The Morgan fingerprint density at radius 1 is 1.33 bits per heavy atom. The van der Waals surface area contributed by atoms with Gasteiger partial charge in [-0.2, -0.15) is 0 Å². The van der Waals surface area contributed by atoms with Crippen molar-refractivity contribution in [2.24, 2.45) is 11.3 Å². The zero-order valence-corrected chi connectivity index (χ0v) is 16.7. The van der Waals surface area contributed by atoms with E-state index in [2.05, 4.69) is 26.9 Å². The molecule has 0 N–H and O–H groups in total. The van der Waals surface area contributed by atoms with E-state index < -0.39 is 11.8 Å². The summed E-state index contributed by atoms with van der Waals surface area (Å²) in [6.07, 6.45) is 4.72. The molecule has 1 aliphatic rings. The molecule has 158 valence electrons. The summed E-state index contributed by atoms with van der Waals surface area (Å²) in [6, 6.07) is 1.78. The van der Waals surface area contributed by atoms with Gasteiger partial charge in [-0.1, -0.05) is 6.92 Å². The minimum atomic E-state index is -2.69. The van der Waals surface area contributed by atoms with Gasteiger partial charge in [0.2, 0.25) is 0 Å². The molecule has 0 spiro atoms. The number of methoxy groups -OCH3 is 1. The van der Waals surface area contributed by atoms with Gasteiger partial charge in [-0.25, -0.2) is 28.7 Å². The molecule has 0 amide bonds. The Labute approximate surface area is 171 Å². The summed E-state index contributed by atoms with van der Waals surface area (Å²) in [6.45, 7) is 3.65. The minimum Gasteiger partial charge on any atom is -0.384 e. The predicted molar refractivity (Wildman–Crippen MR) is 105 cm³/mol. The van der Waals surface area contributed by atoms with Crippen molar-refractivity contribution in [3.8, 4) is 11.5 Å². The Morgan fingerprint density at radius 2 is 2.17 bits per heavy atom. The van der Waals surface area contributed by atoms with Crippen molar-refractivity contribution in [1.29, 1.82) is 0 Å². The molecule has 2 atom stereocenters. The normalized spacial score (nSPS) is 22.0. The summed E-state index contributed by atoms with van der Waals surface area (Å²) >= 11 is 0. The van der Waals surface area contributed by atoms with Gasteiger partial charge in [-0.15, -0.1) is 0 Å². The Hall–Kier alpha value is -3.01. The molecule has 0 saturated carbocycles. The molecular weight excluding hydrogens is 394 g/mol. The summed E-state index contributed by atoms with van der Waals surface area (Å²) in [7, 11) is 1.59. The molecule has 1 aliphatic heterocycles. The zero-order chi connectivity index (χ0) is 21.3. The number of fused-ring (bicyclic) bond motifs is 1. The topological polar surface area (TPSA) is 85.5 Å². The van der Waals surface area contributed by atoms with Crippen LogP contribution in [0.2, 0.25) is 0 Å². The molecule has 0 radical (unpaired) electrons. The first-order valence-corrected chi connectivity index (χ1v) is 9.59. The minimum absolute atomic E-state index is 0.271. The number of carbonyl (C=O) groups excluding carboxylic acids is 1. The molecule has 0 aliphatic carbocycles. The summed E-state index contributed by atoms with van der Waals surface area (Å²) < 4.78 is 33.0. The average Bonchev–Trinajstić information content (AvgIpc) is 3.17. The monoisotopic (exact) mass is 416 g/mol. The number of ether oxygens (including phenoxy) is 1. The first-order valence-electron chi connectivity index (χ1n) is 9.59. The molecule has 1 fully saturated rings. The fourth-order valence-electron chi connectivity index (χ4n) is 4.16. The summed E-state index contributed by atoms with van der Waals surface area (Å²) in [5.74, 6) is 1.29. The van der Waals surface area contributed by atoms with Crippen LogP contribution in [0.3, 0.4) is 0 Å². The third-order valence-corrected chi connectivity index (χ3v) is 5.31. The molecule has 8 nitrogen and oxygen atoms in total. The number of rotatable bonds is 6. The molecule has 2 unspecified atom stereocenters. The number of imidazole rings is 1. The second-order valence-electron chi connectivity index (χ2n) is 7.83. The zero-order valence-electron chi connectivity index (χ0n) is 16.7. The average molecular weight is 416 g/mol. The third-order valence-electron chi connectivity index (χ3n) is 5.31. The van der Waals surface area contributed by atoms with Gasteiger partial charge in [0, 0.05) is 32.6 Å². The number of carbonyl (C=O) groups is 1. The molecule has 3 aromatic heterocycles. The van der Waals surface area contributed by atoms with Gasteiger partial charge in [0.1, 0.15) is 23.5 Å². The maximum absolute atomic E-state index is 13.1. The van der Waals surface area contributed by atoms with Gasteiger partial charge in [0.05, 0.1) is 24.4 Å². The van der Waals surface area contributed by atoms with E-state index in [1.54, 1.807) is 19.4 Å². The smallest absolute Gasteiger partial charge is 0.281 e. The number of halogens is 2. The molecule has 10 heteroatoms. The van der Waals surface area contributed by atoms with Gasteiger partial charge in [-0.3, -0.25) is 4.40 Å². The van der Waals surface area contributed by atoms with Crippen LogP contribution in [0.1, 0.15) is 25.5 Å². The van der Waals surface area contributed by atoms with Crippen LogP contribution < -0.4 is 4.90 Å². The second kappa shape index (κ2) is 8.02. The lowest BCUT2D eigenvalue weighted by Gasteiger charge is -2.42. The number of alkyl halides is 2. The van der Waals surface area contributed by atoms with Gasteiger partial charge in [-0.05, 0) is 18.4 Å². The van der Waals surface area contributed by atoms with Crippen LogP contribution in [-0.4, -0.2) is 57.4 Å². The lowest BCUT2D eigenvalue weighted by molar-refractivity contribution is -0.120. The highest BCUT2D eigenvalue weighted by molar-refractivity contribution is 5.63. The van der Waals surface area contributed by atoms with Crippen molar-refractivity contribution in [2.75, 3.05) is 31.7 Å². The van der Waals surface area contributed by atoms with Crippen molar-refractivity contribution in [3.63, 3.8) is 0 Å². The van der Waals surface area contributed by atoms with E-state index in [1.165, 1.54) is 23.0 Å². The number of hydrogen-bond donors (Lipinski definition) is 0. The number of aldehydes is 1. The van der Waals surface area contributed by atoms with Gasteiger partial charge in [0.15, 0.2) is 11.5 Å². The Balaban J connectivity index is 1.70. The van der Waals surface area contributed by atoms with E-state index in [0.29, 0.717) is 36.1 Å². The lowest BCUT2D eigenvalue weighted by atomic mass is 9.77. The SMILES string of the molecule is COCC1(C=O)CC(C)CN(c2ccnc(-c3cnc4cnc(C(F)F)cn34)n2)C1. The third kappa shape index (κ3) is 3.74. The van der Waals surface area contributed by atoms with E-state index in [1.807, 2.05) is 4.90 Å². The molecule has 30 heavy (non-hydrogen) atoms. The van der Waals surface area contributed by atoms with E-state index in [0.717, 1.165) is 19.3 Å². The van der Waals surface area contributed by atoms with Crippen molar-refractivity contribution < 1.29 is 18.3 Å². The van der Waals surface area contributed by atoms with Gasteiger partial charge < -0.3 is 14.4 Å². The standard InChI is InChI=1S/C20H22F2N6O2/c1-13-5-20(11-29,12-30-2)10-27(8-13)16-3-4-23-19(26-16)15-6-25-17-7-24-14(18(21)22)9-28(15)17/h3-4,6-7,9,11,13,18H,5,8,10,12H2,1-2H3. The van der Waals surface area contributed by atoms with Crippen LogP contribution in [0.25, 0.3) is 17.2 Å². The fourth-order valence-corrected chi connectivity index (χ4v) is 4.16. The highest BCUT2D eigenvalue weighted by atomic mass is 19.3. The Morgan fingerprint density at radius 3 is 2.90 bits per heavy atom. The van der Waals surface area contributed by atoms with Crippen LogP contribution in [0, 0.1) is 11.3 Å². The van der Waals surface area contributed by atoms with E-state index in [-0.39, 0.29) is 11.6 Å². The quantitative estimate of drug-likeness (QED) is 0.571. The first kappa shape index (κ1) is 20.3. The van der Waals surface area contributed by atoms with Crippen LogP contribution >= 0.6 is 0 Å². The van der Waals surface area contributed by atoms with Crippen LogP contribution in [0.4, 0.5) is 14.6 Å². The molecular formula is C20H22F2N6O2. The Kier molecular flexibility index (Phi) is 5.42. The highest BCUT2D eigenvalue weighted by Crippen LogP contribution is 2.34. The fraction of sp³-hybridized carbons (Fsp3) is 0.450. The van der Waals surface area contributed by atoms with Crippen molar-refractivity contribution in [2.45, 2.75) is 19.8 Å². The summed E-state index contributed by atoms with van der Waals surface area (Å²) in [5.41, 5.74) is -0.0357. The number of anilines is 1. The van der Waals surface area contributed by atoms with E-state index in [9.17, 15) is 13.6 Å². The first-order chi connectivity index (χ1) is 14.4. The van der Waals surface area contributed by atoms with Crippen LogP contribution in [0.15, 0.2) is 30.9 Å². The molecule has 3 aromatic rings. The predicted octanol–water partition coefficient (Wildman–Crippen LogP) is 2.80. The summed E-state index contributed by atoms with van der Waals surface area (Å²) in [5, 5.41) is 0. The van der Waals surface area contributed by atoms with E-state index in [4.69, 9.17) is 4.74 Å². The van der Waals surface area contributed by atoms with Crippen molar-refractivity contribution in [3.05, 3.63) is 36.5 Å². The van der Waals surface area contributed by atoms with Crippen molar-refractivity contribution in [1.82, 2.24) is 24.3 Å². The van der Waals surface area contributed by atoms with Gasteiger partial charge in [0.25, 0.3) is 6.43 Å². The van der Waals surface area contributed by atoms with Gasteiger partial charge >= 0.3 is 0 Å². The molecule has 4 heterocycles. The lowest BCUT2D eigenvalue weighted by Crippen LogP contribution is -2.50. The molecule has 4 rings (SSSR count). The molecule has 0 aromatic carbocycles. The molecule has 0 bridgehead atoms. The molecule has 1 saturated heterocycles. The van der Waals surface area contributed by atoms with Crippen LogP contribution in [-0.2, 0) is 9.53 Å².